The van der Waals surface area contributed by atoms with Gasteiger partial charge in [0.1, 0.15) is 0 Å². The van der Waals surface area contributed by atoms with Crippen LogP contribution in [0.4, 0.5) is 16.2 Å². The third-order valence-corrected chi connectivity index (χ3v) is 3.33. The molecule has 0 unspecified atom stereocenters. The van der Waals surface area contributed by atoms with Gasteiger partial charge in [0.25, 0.3) is 0 Å². The van der Waals surface area contributed by atoms with E-state index < -0.39 is 0 Å². The lowest BCUT2D eigenvalue weighted by molar-refractivity contribution is 0.216. The highest BCUT2D eigenvalue weighted by molar-refractivity contribution is 5.94. The van der Waals surface area contributed by atoms with E-state index in [1.54, 1.807) is 4.90 Å². The van der Waals surface area contributed by atoms with Crippen LogP contribution in [0.25, 0.3) is 0 Å². The van der Waals surface area contributed by atoms with Gasteiger partial charge in [0.2, 0.25) is 0 Å². The Morgan fingerprint density at radius 2 is 1.84 bits per heavy atom. The lowest BCUT2D eigenvalue weighted by Crippen LogP contribution is -2.39. The van der Waals surface area contributed by atoms with Crippen LogP contribution in [0.5, 0.6) is 0 Å². The first kappa shape index (κ1) is 13.7. The SMILES string of the molecule is CC(C)(N)CCN1CCN(c2ccc(N)cc2)C1=O. The summed E-state index contributed by atoms with van der Waals surface area (Å²) in [6.07, 6.45) is 0.800. The molecule has 0 aliphatic carbocycles. The summed E-state index contributed by atoms with van der Waals surface area (Å²) >= 11 is 0. The molecule has 2 amide bonds. The topological polar surface area (TPSA) is 75.6 Å². The molecule has 104 valence electrons. The summed E-state index contributed by atoms with van der Waals surface area (Å²) in [5, 5.41) is 0. The van der Waals surface area contributed by atoms with E-state index in [2.05, 4.69) is 0 Å². The van der Waals surface area contributed by atoms with E-state index in [0.717, 1.165) is 18.7 Å². The molecule has 0 atom stereocenters. The summed E-state index contributed by atoms with van der Waals surface area (Å²) in [5.74, 6) is 0. The van der Waals surface area contributed by atoms with Gasteiger partial charge in [0.05, 0.1) is 0 Å². The fraction of sp³-hybridized carbons (Fsp3) is 0.500. The lowest BCUT2D eigenvalue weighted by atomic mass is 10.0. The number of hydrogen-bond donors (Lipinski definition) is 2. The molecule has 1 aliphatic heterocycles. The first-order valence-corrected chi connectivity index (χ1v) is 6.58. The molecule has 1 aromatic rings. The van der Waals surface area contributed by atoms with Gasteiger partial charge in [0, 0.05) is 36.5 Å². The van der Waals surface area contributed by atoms with E-state index in [1.807, 2.05) is 43.0 Å². The largest absolute Gasteiger partial charge is 0.399 e. The van der Waals surface area contributed by atoms with Crippen molar-refractivity contribution >= 4 is 17.4 Å². The molecule has 4 N–H and O–H groups in total. The lowest BCUT2D eigenvalue weighted by Gasteiger charge is -2.23. The van der Waals surface area contributed by atoms with Crippen LogP contribution < -0.4 is 16.4 Å². The van der Waals surface area contributed by atoms with Gasteiger partial charge >= 0.3 is 6.03 Å². The molecule has 1 fully saturated rings. The molecule has 2 rings (SSSR count). The fourth-order valence-electron chi connectivity index (χ4n) is 2.11. The molecule has 1 heterocycles. The van der Waals surface area contributed by atoms with Gasteiger partial charge in [-0.1, -0.05) is 0 Å². The van der Waals surface area contributed by atoms with E-state index in [0.29, 0.717) is 18.8 Å². The highest BCUT2D eigenvalue weighted by Crippen LogP contribution is 2.22. The van der Waals surface area contributed by atoms with E-state index in [-0.39, 0.29) is 11.6 Å². The normalized spacial score (nSPS) is 16.3. The van der Waals surface area contributed by atoms with Gasteiger partial charge in [0.15, 0.2) is 0 Å². The molecule has 19 heavy (non-hydrogen) atoms. The molecule has 0 radical (unpaired) electrons. The van der Waals surface area contributed by atoms with Crippen molar-refractivity contribution in [3.05, 3.63) is 24.3 Å². The highest BCUT2D eigenvalue weighted by atomic mass is 16.2. The molecule has 1 saturated heterocycles. The smallest absolute Gasteiger partial charge is 0.324 e. The van der Waals surface area contributed by atoms with Crippen molar-refractivity contribution in [3.63, 3.8) is 0 Å². The standard InChI is InChI=1S/C14H22N4O/c1-14(2,16)7-8-17-9-10-18(13(17)19)12-5-3-11(15)4-6-12/h3-6H,7-10,15-16H2,1-2H3. The van der Waals surface area contributed by atoms with Crippen molar-refractivity contribution in [2.24, 2.45) is 5.73 Å². The number of hydrogen-bond acceptors (Lipinski definition) is 3. The Balaban J connectivity index is 2.00. The van der Waals surface area contributed by atoms with Crippen molar-refractivity contribution in [3.8, 4) is 0 Å². The molecule has 0 saturated carbocycles. The number of carbonyl (C=O) groups is 1. The van der Waals surface area contributed by atoms with E-state index in [1.165, 1.54) is 0 Å². The molecule has 0 aromatic heterocycles. The summed E-state index contributed by atoms with van der Waals surface area (Å²) < 4.78 is 0. The number of carbonyl (C=O) groups excluding carboxylic acids is 1. The number of nitrogens with zero attached hydrogens (tertiary/aromatic N) is 2. The van der Waals surface area contributed by atoms with Gasteiger partial charge in [-0.05, 0) is 44.5 Å². The first-order chi connectivity index (χ1) is 8.87. The van der Waals surface area contributed by atoms with Crippen molar-refractivity contribution in [1.82, 2.24) is 4.90 Å². The Morgan fingerprint density at radius 3 is 2.42 bits per heavy atom. The number of nitrogens with two attached hydrogens (primary N) is 2. The first-order valence-electron chi connectivity index (χ1n) is 6.58. The summed E-state index contributed by atoms with van der Waals surface area (Å²) in [7, 11) is 0. The maximum absolute atomic E-state index is 12.3. The van der Waals surface area contributed by atoms with Gasteiger partial charge in [-0.3, -0.25) is 4.90 Å². The minimum Gasteiger partial charge on any atom is -0.399 e. The van der Waals surface area contributed by atoms with Crippen molar-refractivity contribution in [2.75, 3.05) is 30.3 Å². The molecule has 1 aliphatic rings. The Bertz CT molecular complexity index is 450. The second kappa shape index (κ2) is 5.09. The predicted molar refractivity (Wildman–Crippen MR) is 78.1 cm³/mol. The van der Waals surface area contributed by atoms with Crippen LogP contribution in [-0.4, -0.2) is 36.1 Å². The van der Waals surface area contributed by atoms with Crippen LogP contribution in [0, 0.1) is 0 Å². The second-order valence-corrected chi connectivity index (χ2v) is 5.75. The van der Waals surface area contributed by atoms with Crippen LogP contribution in [0.15, 0.2) is 24.3 Å². The number of urea groups is 1. The Morgan fingerprint density at radius 1 is 1.21 bits per heavy atom. The zero-order chi connectivity index (χ0) is 14.0. The second-order valence-electron chi connectivity index (χ2n) is 5.75. The molecule has 0 spiro atoms. The van der Waals surface area contributed by atoms with Gasteiger partial charge in [-0.2, -0.15) is 0 Å². The van der Waals surface area contributed by atoms with Crippen LogP contribution in [0.1, 0.15) is 20.3 Å². The number of rotatable bonds is 4. The summed E-state index contributed by atoms with van der Waals surface area (Å²) in [4.78, 5) is 15.9. The molecule has 0 bridgehead atoms. The molecular weight excluding hydrogens is 240 g/mol. The van der Waals surface area contributed by atoms with Gasteiger partial charge in [-0.25, -0.2) is 4.79 Å². The number of nitrogen functional groups attached to an aromatic ring is 1. The molecular formula is C14H22N4O. The van der Waals surface area contributed by atoms with E-state index >= 15 is 0 Å². The third kappa shape index (κ3) is 3.38. The number of anilines is 2. The summed E-state index contributed by atoms with van der Waals surface area (Å²) in [5.41, 5.74) is 13.0. The quantitative estimate of drug-likeness (QED) is 0.810. The minimum absolute atomic E-state index is 0.0500. The van der Waals surface area contributed by atoms with Crippen molar-refractivity contribution < 1.29 is 4.79 Å². The Kier molecular flexibility index (Phi) is 3.66. The zero-order valence-corrected chi connectivity index (χ0v) is 11.6. The average molecular weight is 262 g/mol. The molecule has 5 nitrogen and oxygen atoms in total. The average Bonchev–Trinajstić information content (AvgIpc) is 2.68. The van der Waals surface area contributed by atoms with E-state index in [9.17, 15) is 4.79 Å². The minimum atomic E-state index is -0.241. The van der Waals surface area contributed by atoms with Gasteiger partial charge < -0.3 is 16.4 Å². The third-order valence-electron chi connectivity index (χ3n) is 3.33. The van der Waals surface area contributed by atoms with E-state index in [4.69, 9.17) is 11.5 Å². The van der Waals surface area contributed by atoms with Crippen molar-refractivity contribution in [1.29, 1.82) is 0 Å². The zero-order valence-electron chi connectivity index (χ0n) is 11.6. The Labute approximate surface area is 114 Å². The molecule has 5 heteroatoms. The fourth-order valence-corrected chi connectivity index (χ4v) is 2.11. The monoisotopic (exact) mass is 262 g/mol. The molecule has 1 aromatic carbocycles. The van der Waals surface area contributed by atoms with Crippen molar-refractivity contribution in [2.45, 2.75) is 25.8 Å². The summed E-state index contributed by atoms with van der Waals surface area (Å²) in [6.45, 7) is 6.12. The Hall–Kier alpha value is -1.75. The maximum Gasteiger partial charge on any atom is 0.324 e. The van der Waals surface area contributed by atoms with Crippen LogP contribution in [-0.2, 0) is 0 Å². The van der Waals surface area contributed by atoms with Crippen LogP contribution in [0.2, 0.25) is 0 Å². The summed E-state index contributed by atoms with van der Waals surface area (Å²) in [6, 6.07) is 7.43. The number of benzene rings is 1. The maximum atomic E-state index is 12.3. The van der Waals surface area contributed by atoms with Crippen LogP contribution in [0.3, 0.4) is 0 Å². The van der Waals surface area contributed by atoms with Gasteiger partial charge in [-0.15, -0.1) is 0 Å². The van der Waals surface area contributed by atoms with Crippen LogP contribution >= 0.6 is 0 Å². The number of amides is 2. The predicted octanol–water partition coefficient (Wildman–Crippen LogP) is 1.64. The highest BCUT2D eigenvalue weighted by Gasteiger charge is 2.30.